The molecule has 0 spiro atoms. The largest absolute Gasteiger partial charge is 0.489 e. The van der Waals surface area contributed by atoms with E-state index in [1.165, 1.54) is 0 Å². The lowest BCUT2D eigenvalue weighted by Gasteiger charge is -2.22. The van der Waals surface area contributed by atoms with Gasteiger partial charge in [-0.2, -0.15) is 0 Å². The second-order valence-corrected chi connectivity index (χ2v) is 7.01. The molecule has 27 heavy (non-hydrogen) atoms. The van der Waals surface area contributed by atoms with Crippen molar-refractivity contribution in [2.45, 2.75) is 45.4 Å². The van der Waals surface area contributed by atoms with Crippen LogP contribution in [0, 0.1) is 0 Å². The van der Waals surface area contributed by atoms with E-state index in [9.17, 15) is 14.7 Å². The van der Waals surface area contributed by atoms with Gasteiger partial charge in [0.05, 0.1) is 1.37 Å². The van der Waals surface area contributed by atoms with Crippen LogP contribution in [0.4, 0.5) is 4.79 Å². The highest BCUT2D eigenvalue weighted by Crippen LogP contribution is 2.16. The molecule has 0 aliphatic carbocycles. The maximum Gasteiger partial charge on any atom is 0.408 e. The molecule has 2 aromatic rings. The first-order chi connectivity index (χ1) is 13.1. The number of hydrogen-bond acceptors (Lipinski definition) is 4. The van der Waals surface area contributed by atoms with Crippen molar-refractivity contribution < 1.29 is 25.5 Å². The molecule has 0 aromatic heterocycles. The highest BCUT2D eigenvalue weighted by Gasteiger charge is 2.24. The average molecular weight is 372 g/mol. The van der Waals surface area contributed by atoms with Crippen molar-refractivity contribution >= 4 is 12.1 Å². The van der Waals surface area contributed by atoms with Crippen LogP contribution in [-0.4, -0.2) is 28.8 Å². The molecule has 1 atom stereocenters. The summed E-state index contributed by atoms with van der Waals surface area (Å²) in [4.78, 5) is 23.5. The molecule has 0 radical (unpaired) electrons. The first-order valence-corrected chi connectivity index (χ1v) is 8.58. The Kier molecular flexibility index (Phi) is 6.30. The van der Waals surface area contributed by atoms with E-state index in [4.69, 9.17) is 10.8 Å². The summed E-state index contributed by atoms with van der Waals surface area (Å²) in [6.45, 7) is 5.39. The molecule has 0 aliphatic rings. The van der Waals surface area contributed by atoms with E-state index in [1.807, 2.05) is 30.3 Å². The lowest BCUT2D eigenvalue weighted by molar-refractivity contribution is -0.139. The van der Waals surface area contributed by atoms with Gasteiger partial charge >= 0.3 is 12.1 Å². The zero-order valence-corrected chi connectivity index (χ0v) is 15.7. The predicted molar refractivity (Wildman–Crippen MR) is 102 cm³/mol. The van der Waals surface area contributed by atoms with Crippen molar-refractivity contribution in [2.24, 2.45) is 0 Å². The number of aliphatic carboxylic acids is 1. The molecule has 0 saturated heterocycles. The molecule has 6 heteroatoms. The third-order valence-electron chi connectivity index (χ3n) is 3.46. The summed E-state index contributed by atoms with van der Waals surface area (Å²) in [5.74, 6) is -0.846. The third kappa shape index (κ3) is 7.40. The number of carboxylic acid groups (broad SMARTS) is 1. The van der Waals surface area contributed by atoms with Crippen LogP contribution in [0.3, 0.4) is 0 Å². The highest BCUT2D eigenvalue weighted by atomic mass is 16.6. The molecule has 6 nitrogen and oxygen atoms in total. The lowest BCUT2D eigenvalue weighted by atomic mass is 10.1. The second kappa shape index (κ2) is 9.07. The smallest absolute Gasteiger partial charge is 0.408 e. The fraction of sp³-hybridized carbons (Fsp3) is 0.333. The van der Waals surface area contributed by atoms with Gasteiger partial charge in [-0.25, -0.2) is 9.59 Å². The summed E-state index contributed by atoms with van der Waals surface area (Å²) in [7, 11) is 0. The van der Waals surface area contributed by atoms with Crippen LogP contribution in [0.1, 0.15) is 33.3 Å². The first-order valence-electron chi connectivity index (χ1n) is 9.08. The zero-order chi connectivity index (χ0) is 20.8. The molecule has 0 fully saturated rings. The van der Waals surface area contributed by atoms with Gasteiger partial charge in [0.15, 0.2) is 0 Å². The van der Waals surface area contributed by atoms with Gasteiger partial charge in [0.25, 0.3) is 0 Å². The Morgan fingerprint density at radius 1 is 1.07 bits per heavy atom. The van der Waals surface area contributed by atoms with E-state index in [1.54, 1.807) is 45.0 Å². The maximum absolute atomic E-state index is 11.9. The van der Waals surface area contributed by atoms with Crippen LogP contribution in [-0.2, 0) is 22.6 Å². The normalized spacial score (nSPS) is 13.8. The van der Waals surface area contributed by atoms with Crippen LogP contribution in [0.2, 0.25) is 0 Å². The van der Waals surface area contributed by atoms with Crippen LogP contribution in [0.15, 0.2) is 54.6 Å². The van der Waals surface area contributed by atoms with Crippen molar-refractivity contribution in [1.82, 2.24) is 5.32 Å². The number of benzene rings is 2. The molecular formula is C21H25NO5. The molecule has 144 valence electrons. The summed E-state index contributed by atoms with van der Waals surface area (Å²) in [5.41, 5.74) is 0.811. The van der Waals surface area contributed by atoms with Gasteiger partial charge in [-0.1, -0.05) is 42.5 Å². The quantitative estimate of drug-likeness (QED) is 0.772. The van der Waals surface area contributed by atoms with Crippen LogP contribution >= 0.6 is 0 Å². The van der Waals surface area contributed by atoms with Gasteiger partial charge < -0.3 is 19.9 Å². The fourth-order valence-electron chi connectivity index (χ4n) is 2.25. The average Bonchev–Trinajstić information content (AvgIpc) is 2.60. The molecule has 2 rings (SSSR count). The minimum Gasteiger partial charge on any atom is -0.489 e. The van der Waals surface area contributed by atoms with E-state index >= 15 is 0 Å². The Bertz CT molecular complexity index is 802. The summed E-state index contributed by atoms with van der Waals surface area (Å²) in [5, 5.41) is 11.6. The molecule has 0 bridgehead atoms. The third-order valence-corrected chi connectivity index (χ3v) is 3.46. The van der Waals surface area contributed by atoms with Crippen molar-refractivity contribution in [1.29, 1.82) is 0 Å². The minimum atomic E-state index is -2.24. The Labute approximate surface area is 160 Å². The number of rotatable bonds is 7. The molecule has 1 amide bonds. The number of carboxylic acids is 1. The van der Waals surface area contributed by atoms with E-state index in [-0.39, 0.29) is 6.42 Å². The second-order valence-electron chi connectivity index (χ2n) is 7.01. The molecule has 0 aliphatic heterocycles. The summed E-state index contributed by atoms with van der Waals surface area (Å²) in [6, 6.07) is 14.2. The molecule has 0 saturated carbocycles. The van der Waals surface area contributed by atoms with Crippen molar-refractivity contribution in [3.05, 3.63) is 65.7 Å². The number of nitrogens with one attached hydrogen (secondary N) is 1. The monoisotopic (exact) mass is 372 g/mol. The van der Waals surface area contributed by atoms with Crippen LogP contribution in [0.5, 0.6) is 5.75 Å². The molecule has 0 unspecified atom stereocenters. The number of hydrogen-bond donors (Lipinski definition) is 2. The van der Waals surface area contributed by atoms with Gasteiger partial charge in [-0.05, 0) is 44.0 Å². The summed E-state index contributed by atoms with van der Waals surface area (Å²) in [6.07, 6.45) is -1.17. The highest BCUT2D eigenvalue weighted by molar-refractivity contribution is 5.80. The molecular weight excluding hydrogens is 346 g/mol. The van der Waals surface area contributed by atoms with Gasteiger partial charge in [-0.3, -0.25) is 0 Å². The van der Waals surface area contributed by atoms with Crippen molar-refractivity contribution in [3.8, 4) is 5.75 Å². The lowest BCUT2D eigenvalue weighted by Crippen LogP contribution is -2.44. The number of ether oxygens (including phenoxy) is 2. The van der Waals surface area contributed by atoms with Gasteiger partial charge in [0.2, 0.25) is 0 Å². The van der Waals surface area contributed by atoms with Crippen LogP contribution in [0.25, 0.3) is 0 Å². The van der Waals surface area contributed by atoms with Crippen molar-refractivity contribution in [2.75, 3.05) is 0 Å². The zero-order valence-electron chi connectivity index (χ0n) is 16.7. The number of carbonyl (C=O) groups is 2. The fourth-order valence-corrected chi connectivity index (χ4v) is 2.25. The predicted octanol–water partition coefficient (Wildman–Crippen LogP) is 3.79. The summed E-state index contributed by atoms with van der Waals surface area (Å²) < 4.78 is 18.9. The molecule has 2 N–H and O–H groups in total. The Morgan fingerprint density at radius 3 is 2.26 bits per heavy atom. The summed E-state index contributed by atoms with van der Waals surface area (Å²) >= 11 is 0. The van der Waals surface area contributed by atoms with Gasteiger partial charge in [-0.15, -0.1) is 0 Å². The Balaban J connectivity index is 2.00. The van der Waals surface area contributed by atoms with E-state index in [2.05, 4.69) is 5.32 Å². The number of carbonyl (C=O) groups excluding carboxylic acids is 1. The number of amides is 1. The van der Waals surface area contributed by atoms with E-state index in [0.29, 0.717) is 17.9 Å². The van der Waals surface area contributed by atoms with Gasteiger partial charge in [0.1, 0.15) is 24.0 Å². The van der Waals surface area contributed by atoms with Crippen molar-refractivity contribution in [3.63, 3.8) is 0 Å². The van der Waals surface area contributed by atoms with Crippen LogP contribution < -0.4 is 10.1 Å². The number of alkyl carbamates (subject to hydrolysis) is 1. The van der Waals surface area contributed by atoms with E-state index in [0.717, 1.165) is 5.56 Å². The minimum absolute atomic E-state index is 0.222. The maximum atomic E-state index is 11.9. The standard InChI is InChI=1S/C21H25NO5/c1-21(2,3)27-20(25)22-18(19(23)24)13-15-9-11-17(12-10-15)26-14-16-7-5-4-6-8-16/h4-12,18H,13-14H2,1-3H3,(H,22,25)(H,23,24)/t18-/m0/s1/i18D. The topological polar surface area (TPSA) is 84.9 Å². The van der Waals surface area contributed by atoms with Gasteiger partial charge in [0, 0.05) is 6.42 Å². The first kappa shape index (κ1) is 18.8. The SMILES string of the molecule is [2H][C@@](Cc1ccc(OCc2ccccc2)cc1)(NC(=O)OC(C)(C)C)C(=O)O. The Morgan fingerprint density at radius 2 is 1.70 bits per heavy atom. The molecule has 2 aromatic carbocycles. The Hall–Kier alpha value is -3.02. The van der Waals surface area contributed by atoms with E-state index < -0.39 is 23.7 Å². The molecule has 0 heterocycles.